The Bertz CT molecular complexity index is 134. The van der Waals surface area contributed by atoms with Crippen LogP contribution in [0.3, 0.4) is 0 Å². The number of ketones is 1. The predicted octanol–water partition coefficient (Wildman–Crippen LogP) is -1.20. The zero-order valence-corrected chi connectivity index (χ0v) is 8.30. The Labute approximate surface area is 101 Å². The molecule has 0 radical (unpaired) electrons. The second-order valence-electron chi connectivity index (χ2n) is 1.32. The van der Waals surface area contributed by atoms with Crippen LogP contribution in [0.5, 0.6) is 0 Å². The molecule has 0 aliphatic heterocycles. The van der Waals surface area contributed by atoms with Crippen molar-refractivity contribution in [1.29, 1.82) is 0 Å². The van der Waals surface area contributed by atoms with Crippen molar-refractivity contribution in [2.24, 2.45) is 0 Å². The molecule has 1 nitrogen and oxygen atoms in total. The van der Waals surface area contributed by atoms with Gasteiger partial charge in [-0.1, -0.05) is 0 Å². The number of carbonyl (C=O) groups excluding carboxylic acids is 1. The zero-order valence-electron chi connectivity index (χ0n) is 6.18. The van der Waals surface area contributed by atoms with E-state index < -0.39 is 18.1 Å². The Morgan fingerprint density at radius 2 is 1.09 bits per heavy atom. The number of halogens is 6. The van der Waals surface area contributed by atoms with Gasteiger partial charge in [-0.2, -0.15) is 26.3 Å². The molecule has 0 aromatic carbocycles. The van der Waals surface area contributed by atoms with E-state index in [1.165, 1.54) is 0 Å². The summed E-state index contributed by atoms with van der Waals surface area (Å²) in [5, 5.41) is 0. The van der Waals surface area contributed by atoms with Crippen LogP contribution in [0.1, 0.15) is 1.43 Å². The molecule has 0 aromatic rings. The second-order valence-corrected chi connectivity index (χ2v) is 1.32. The molecule has 0 aliphatic carbocycles. The van der Waals surface area contributed by atoms with Gasteiger partial charge in [-0.25, -0.2) is 0 Å². The summed E-state index contributed by atoms with van der Waals surface area (Å²) in [6.07, 6.45) is -11.6. The Hall–Kier alpha value is 0.886. The third-order valence-corrected chi connectivity index (χ3v) is 0.515. The first-order valence-corrected chi connectivity index (χ1v) is 1.84. The Morgan fingerprint density at radius 1 is 0.909 bits per heavy atom. The van der Waals surface area contributed by atoms with Gasteiger partial charge in [0.15, 0.2) is 0 Å². The molecule has 62 valence electrons. The minimum atomic E-state index is -5.82. The van der Waals surface area contributed by atoms with Gasteiger partial charge in [0.1, 0.15) is 0 Å². The minimum absolute atomic E-state index is 0. The molecule has 0 spiro atoms. The van der Waals surface area contributed by atoms with Crippen LogP contribution in [0.2, 0.25) is 0 Å². The molecule has 0 fully saturated rings. The first-order valence-electron chi connectivity index (χ1n) is 1.84. The number of hydrogen-bond acceptors (Lipinski definition) is 1. The maximum absolute atomic E-state index is 10.9. The van der Waals surface area contributed by atoms with E-state index in [4.69, 9.17) is 0 Å². The van der Waals surface area contributed by atoms with Crippen LogP contribution in [-0.2, 0) is 4.79 Å². The van der Waals surface area contributed by atoms with Crippen LogP contribution in [0, 0.1) is 0 Å². The van der Waals surface area contributed by atoms with E-state index in [1.807, 2.05) is 0 Å². The monoisotopic (exact) mass is 206 g/mol. The number of carbonyl (C=O) groups is 1. The van der Waals surface area contributed by atoms with Crippen molar-refractivity contribution in [2.75, 3.05) is 0 Å². The number of Topliss-reactive ketones (excluding diaryl/α,β-unsaturated/α-hetero) is 1. The summed E-state index contributed by atoms with van der Waals surface area (Å²) in [4.78, 5) is 9.24. The summed E-state index contributed by atoms with van der Waals surface area (Å²) in [6.45, 7) is 0. The standard InChI is InChI=1S/C3F6O.K.H/c4-2(5,6)1(10)3(7,8)9;;/q;+1;-1. The van der Waals surface area contributed by atoms with E-state index in [0.29, 0.717) is 0 Å². The quantitative estimate of drug-likeness (QED) is 0.359. The van der Waals surface area contributed by atoms with E-state index in [0.717, 1.165) is 0 Å². The summed E-state index contributed by atoms with van der Waals surface area (Å²) < 4.78 is 65.3. The van der Waals surface area contributed by atoms with Crippen molar-refractivity contribution in [2.45, 2.75) is 12.4 Å². The van der Waals surface area contributed by atoms with E-state index in [1.54, 1.807) is 0 Å². The van der Waals surface area contributed by atoms with Crippen molar-refractivity contribution in [3.63, 3.8) is 0 Å². The fourth-order valence-corrected chi connectivity index (χ4v) is 0.161. The Morgan fingerprint density at radius 3 is 1.09 bits per heavy atom. The topological polar surface area (TPSA) is 17.1 Å². The molecule has 0 aromatic heterocycles. The van der Waals surface area contributed by atoms with Gasteiger partial charge in [0.25, 0.3) is 0 Å². The molecule has 0 aliphatic rings. The first-order chi connectivity index (χ1) is 4.15. The molecule has 0 N–H and O–H groups in total. The molecule has 0 amide bonds. The van der Waals surface area contributed by atoms with Crippen LogP contribution in [0.15, 0.2) is 0 Å². The van der Waals surface area contributed by atoms with Crippen molar-refractivity contribution in [3.8, 4) is 0 Å². The van der Waals surface area contributed by atoms with E-state index in [9.17, 15) is 31.1 Å². The number of rotatable bonds is 0. The maximum atomic E-state index is 10.9. The normalized spacial score (nSPS) is 12.2. The molecule has 11 heavy (non-hydrogen) atoms. The molecule has 0 bridgehead atoms. The number of hydrogen-bond donors (Lipinski definition) is 0. The third-order valence-electron chi connectivity index (χ3n) is 0.515. The second kappa shape index (κ2) is 4.22. The summed E-state index contributed by atoms with van der Waals surface area (Å²) >= 11 is 0. The largest absolute Gasteiger partial charge is 1.00 e. The van der Waals surface area contributed by atoms with Gasteiger partial charge in [-0.05, 0) is 0 Å². The van der Waals surface area contributed by atoms with Gasteiger partial charge in [-0.3, -0.25) is 4.79 Å². The molecule has 0 unspecified atom stereocenters. The molecule has 0 saturated heterocycles. The van der Waals surface area contributed by atoms with Crippen LogP contribution >= 0.6 is 0 Å². The molecule has 0 atom stereocenters. The van der Waals surface area contributed by atoms with Crippen molar-refractivity contribution in [1.82, 2.24) is 0 Å². The average Bonchev–Trinajstić information content (AvgIpc) is 1.59. The van der Waals surface area contributed by atoms with Gasteiger partial charge in [-0.15, -0.1) is 0 Å². The smallest absolute Gasteiger partial charge is 1.00 e. The molecule has 8 heteroatoms. The molecule has 0 heterocycles. The minimum Gasteiger partial charge on any atom is -1.00 e. The fourth-order valence-electron chi connectivity index (χ4n) is 0.161. The average molecular weight is 206 g/mol. The van der Waals surface area contributed by atoms with E-state index >= 15 is 0 Å². The van der Waals surface area contributed by atoms with E-state index in [2.05, 4.69) is 0 Å². The molecular formula is C3HF6KO. The van der Waals surface area contributed by atoms with Gasteiger partial charge in [0.05, 0.1) is 0 Å². The van der Waals surface area contributed by atoms with Crippen molar-refractivity contribution < 1.29 is 83.9 Å². The SMILES string of the molecule is O=C(C(F)(F)F)C(F)(F)F.[H-].[K+]. The molecule has 0 rings (SSSR count). The third kappa shape index (κ3) is 5.18. The van der Waals surface area contributed by atoms with Gasteiger partial charge < -0.3 is 1.43 Å². The summed E-state index contributed by atoms with van der Waals surface area (Å²) in [5.74, 6) is -3.68. The van der Waals surface area contributed by atoms with Gasteiger partial charge in [0, 0.05) is 0 Å². The summed E-state index contributed by atoms with van der Waals surface area (Å²) in [5.41, 5.74) is 0. The summed E-state index contributed by atoms with van der Waals surface area (Å²) in [7, 11) is 0. The molecule has 0 saturated carbocycles. The van der Waals surface area contributed by atoms with E-state index in [-0.39, 0.29) is 52.8 Å². The first kappa shape index (κ1) is 14.4. The van der Waals surface area contributed by atoms with Crippen molar-refractivity contribution in [3.05, 3.63) is 0 Å². The number of alkyl halides is 6. The predicted molar refractivity (Wildman–Crippen MR) is 18.2 cm³/mol. The van der Waals surface area contributed by atoms with Crippen LogP contribution in [-0.4, -0.2) is 18.1 Å². The summed E-state index contributed by atoms with van der Waals surface area (Å²) in [6, 6.07) is 0. The molecular weight excluding hydrogens is 205 g/mol. The Balaban J connectivity index is -0.000000405. The van der Waals surface area contributed by atoms with Crippen LogP contribution < -0.4 is 51.4 Å². The van der Waals surface area contributed by atoms with Crippen LogP contribution in [0.25, 0.3) is 0 Å². The van der Waals surface area contributed by atoms with Crippen molar-refractivity contribution >= 4 is 5.78 Å². The Kier molecular flexibility index (Phi) is 5.52. The van der Waals surface area contributed by atoms with Crippen LogP contribution in [0.4, 0.5) is 26.3 Å². The van der Waals surface area contributed by atoms with Gasteiger partial charge in [0.2, 0.25) is 0 Å². The van der Waals surface area contributed by atoms with Gasteiger partial charge >= 0.3 is 69.5 Å². The maximum Gasteiger partial charge on any atom is 1.00 e. The fraction of sp³-hybridized carbons (Fsp3) is 0.667. The zero-order chi connectivity index (χ0) is 8.58.